The van der Waals surface area contributed by atoms with Gasteiger partial charge in [0.1, 0.15) is 11.6 Å². The Hall–Kier alpha value is -3.40. The number of hydrogen-bond donors (Lipinski definition) is 0. The van der Waals surface area contributed by atoms with Gasteiger partial charge in [0.25, 0.3) is 0 Å². The van der Waals surface area contributed by atoms with Gasteiger partial charge in [-0.1, -0.05) is 36.4 Å². The van der Waals surface area contributed by atoms with Crippen molar-refractivity contribution >= 4 is 22.1 Å². The Kier molecular flexibility index (Phi) is 3.19. The molecular weight excluding hydrogens is 320 g/mol. The number of aromatic nitrogens is 4. The summed E-state index contributed by atoms with van der Waals surface area (Å²) in [4.78, 5) is 9.47. The number of nitrogens with zero attached hydrogens (tertiary/aromatic N) is 4. The Morgan fingerprint density at radius 1 is 0.538 bits per heavy atom. The summed E-state index contributed by atoms with van der Waals surface area (Å²) in [5.41, 5.74) is 6.44. The predicted molar refractivity (Wildman–Crippen MR) is 105 cm³/mol. The summed E-state index contributed by atoms with van der Waals surface area (Å²) in [6.07, 6.45) is 0. The van der Waals surface area contributed by atoms with Crippen molar-refractivity contribution < 1.29 is 0 Å². The van der Waals surface area contributed by atoms with Crippen LogP contribution in [0.3, 0.4) is 0 Å². The molecule has 0 saturated heterocycles. The molecule has 0 N–H and O–H groups in total. The fourth-order valence-electron chi connectivity index (χ4n) is 3.74. The maximum atomic E-state index is 4.73. The van der Waals surface area contributed by atoms with Gasteiger partial charge in [0.05, 0.1) is 33.4 Å². The second kappa shape index (κ2) is 5.56. The van der Waals surface area contributed by atoms with E-state index in [1.165, 1.54) is 0 Å². The van der Waals surface area contributed by atoms with E-state index in [0.717, 1.165) is 45.1 Å². The third kappa shape index (κ3) is 2.09. The second-order valence-corrected chi connectivity index (χ2v) is 6.45. The van der Waals surface area contributed by atoms with E-state index in [9.17, 15) is 0 Å². The van der Waals surface area contributed by atoms with Gasteiger partial charge < -0.3 is 0 Å². The van der Waals surface area contributed by atoms with Crippen LogP contribution in [0.15, 0.2) is 72.8 Å². The normalized spacial score (nSPS) is 11.5. The van der Waals surface area contributed by atoms with Crippen LogP contribution in [0, 0.1) is 13.8 Å². The molecule has 4 nitrogen and oxygen atoms in total. The lowest BCUT2D eigenvalue weighted by Gasteiger charge is -2.15. The first-order valence-corrected chi connectivity index (χ1v) is 8.72. The summed E-state index contributed by atoms with van der Waals surface area (Å²) < 4.78 is 4.44. The minimum atomic E-state index is 0.973. The first kappa shape index (κ1) is 14.9. The third-order valence-corrected chi connectivity index (χ3v) is 4.82. The lowest BCUT2D eigenvalue weighted by molar-refractivity contribution is 0.945. The fourth-order valence-corrected chi connectivity index (χ4v) is 3.74. The van der Waals surface area contributed by atoms with Crippen LogP contribution in [0.2, 0.25) is 0 Å². The molecule has 3 aromatic carbocycles. The Labute approximate surface area is 151 Å². The van der Waals surface area contributed by atoms with Crippen LogP contribution in [0.5, 0.6) is 0 Å². The van der Waals surface area contributed by atoms with E-state index in [0.29, 0.717) is 0 Å². The van der Waals surface area contributed by atoms with Crippen LogP contribution in [0.25, 0.3) is 33.4 Å². The summed E-state index contributed by atoms with van der Waals surface area (Å²) in [7, 11) is 0. The van der Waals surface area contributed by atoms with Gasteiger partial charge in [0, 0.05) is 0 Å². The molecule has 5 aromatic rings. The molecule has 0 unspecified atom stereocenters. The van der Waals surface area contributed by atoms with Crippen LogP contribution in [-0.4, -0.2) is 19.1 Å². The highest BCUT2D eigenvalue weighted by atomic mass is 15.1. The van der Waals surface area contributed by atoms with Gasteiger partial charge >= 0.3 is 0 Å². The average molecular weight is 338 g/mol. The number of hydrogen-bond acceptors (Lipinski definition) is 2. The molecular formula is C22H18N4. The standard InChI is InChI=1S/C22H18N4/c1-15-23-17-9-3-5-11-19(17)25(15)21-13-7-8-14-22(21)26-16(2)24-18-10-4-6-12-20(18)26/h3-14H,1-2H3. The second-order valence-electron chi connectivity index (χ2n) is 6.45. The molecule has 26 heavy (non-hydrogen) atoms. The summed E-state index contributed by atoms with van der Waals surface area (Å²) in [5.74, 6) is 1.95. The highest BCUT2D eigenvalue weighted by Crippen LogP contribution is 2.29. The molecule has 0 spiro atoms. The highest BCUT2D eigenvalue weighted by Gasteiger charge is 2.16. The van der Waals surface area contributed by atoms with Gasteiger partial charge in [0.2, 0.25) is 0 Å². The largest absolute Gasteiger partial charge is 0.294 e. The van der Waals surface area contributed by atoms with Crippen molar-refractivity contribution in [3.05, 3.63) is 84.4 Å². The molecule has 2 aromatic heterocycles. The van der Waals surface area contributed by atoms with Gasteiger partial charge in [-0.3, -0.25) is 9.13 Å². The minimum absolute atomic E-state index is 0.973. The van der Waals surface area contributed by atoms with Crippen molar-refractivity contribution in [3.63, 3.8) is 0 Å². The van der Waals surface area contributed by atoms with E-state index in [2.05, 4.69) is 83.6 Å². The molecule has 4 heteroatoms. The molecule has 0 bridgehead atoms. The topological polar surface area (TPSA) is 35.6 Å². The van der Waals surface area contributed by atoms with E-state index in [1.807, 2.05) is 12.1 Å². The number of benzene rings is 3. The van der Waals surface area contributed by atoms with Crippen molar-refractivity contribution in [1.82, 2.24) is 19.1 Å². The summed E-state index contributed by atoms with van der Waals surface area (Å²) in [5, 5.41) is 0. The van der Waals surface area contributed by atoms with Gasteiger partial charge in [-0.25, -0.2) is 9.97 Å². The predicted octanol–water partition coefficient (Wildman–Crippen LogP) is 4.98. The smallest absolute Gasteiger partial charge is 0.111 e. The zero-order valence-electron chi connectivity index (χ0n) is 14.7. The van der Waals surface area contributed by atoms with E-state index in [-0.39, 0.29) is 0 Å². The van der Waals surface area contributed by atoms with Gasteiger partial charge in [-0.05, 0) is 50.2 Å². The van der Waals surface area contributed by atoms with Crippen LogP contribution in [-0.2, 0) is 0 Å². The number of aryl methyl sites for hydroxylation is 2. The average Bonchev–Trinajstić information content (AvgIpc) is 3.17. The summed E-state index contributed by atoms with van der Waals surface area (Å²) in [6, 6.07) is 24.9. The third-order valence-electron chi connectivity index (χ3n) is 4.82. The van der Waals surface area contributed by atoms with Crippen molar-refractivity contribution in [2.45, 2.75) is 13.8 Å². The first-order valence-electron chi connectivity index (χ1n) is 8.72. The quantitative estimate of drug-likeness (QED) is 0.455. The lowest BCUT2D eigenvalue weighted by Crippen LogP contribution is -2.05. The Balaban J connectivity index is 1.86. The minimum Gasteiger partial charge on any atom is -0.294 e. The first-order chi connectivity index (χ1) is 12.7. The highest BCUT2D eigenvalue weighted by molar-refractivity contribution is 5.82. The van der Waals surface area contributed by atoms with Crippen LogP contribution < -0.4 is 0 Å². The van der Waals surface area contributed by atoms with Crippen molar-refractivity contribution in [2.75, 3.05) is 0 Å². The number of imidazole rings is 2. The molecule has 126 valence electrons. The SMILES string of the molecule is Cc1nc2ccccc2n1-c1ccccc1-n1c(C)nc2ccccc21. The van der Waals surface area contributed by atoms with Crippen LogP contribution in [0.4, 0.5) is 0 Å². The van der Waals surface area contributed by atoms with E-state index in [4.69, 9.17) is 9.97 Å². The lowest BCUT2D eigenvalue weighted by atomic mass is 10.2. The molecule has 0 fully saturated rings. The Bertz CT molecular complexity index is 1160. The maximum Gasteiger partial charge on any atom is 0.111 e. The monoisotopic (exact) mass is 338 g/mol. The van der Waals surface area contributed by atoms with E-state index >= 15 is 0 Å². The van der Waals surface area contributed by atoms with Gasteiger partial charge in [0.15, 0.2) is 0 Å². The molecule has 0 amide bonds. The van der Waals surface area contributed by atoms with E-state index < -0.39 is 0 Å². The Morgan fingerprint density at radius 2 is 0.923 bits per heavy atom. The van der Waals surface area contributed by atoms with Crippen LogP contribution in [0.1, 0.15) is 11.6 Å². The van der Waals surface area contributed by atoms with Crippen LogP contribution >= 0.6 is 0 Å². The van der Waals surface area contributed by atoms with Gasteiger partial charge in [-0.2, -0.15) is 0 Å². The number of rotatable bonds is 2. The molecule has 0 saturated carbocycles. The van der Waals surface area contributed by atoms with Gasteiger partial charge in [-0.15, -0.1) is 0 Å². The number of para-hydroxylation sites is 6. The molecule has 5 rings (SSSR count). The number of fused-ring (bicyclic) bond motifs is 2. The molecule has 0 aliphatic rings. The zero-order valence-corrected chi connectivity index (χ0v) is 14.7. The fraction of sp³-hybridized carbons (Fsp3) is 0.0909. The summed E-state index contributed by atoms with van der Waals surface area (Å²) >= 11 is 0. The molecule has 0 radical (unpaired) electrons. The van der Waals surface area contributed by atoms with Crippen molar-refractivity contribution in [1.29, 1.82) is 0 Å². The molecule has 0 aliphatic carbocycles. The molecule has 0 aliphatic heterocycles. The van der Waals surface area contributed by atoms with Crippen molar-refractivity contribution in [2.24, 2.45) is 0 Å². The summed E-state index contributed by atoms with van der Waals surface area (Å²) in [6.45, 7) is 4.10. The molecule has 2 heterocycles. The van der Waals surface area contributed by atoms with E-state index in [1.54, 1.807) is 0 Å². The zero-order chi connectivity index (χ0) is 17.7. The molecule has 0 atom stereocenters. The Morgan fingerprint density at radius 3 is 1.38 bits per heavy atom. The maximum absolute atomic E-state index is 4.73. The van der Waals surface area contributed by atoms with Crippen molar-refractivity contribution in [3.8, 4) is 11.4 Å².